The van der Waals surface area contributed by atoms with Crippen LogP contribution in [0.15, 0.2) is 91.0 Å². The van der Waals surface area contributed by atoms with Crippen LogP contribution in [-0.2, 0) is 29.3 Å². The third kappa shape index (κ3) is 4.54. The zero-order chi connectivity index (χ0) is 24.5. The van der Waals surface area contributed by atoms with Crippen molar-refractivity contribution in [1.29, 1.82) is 0 Å². The molecule has 2 aliphatic heterocycles. The molecule has 0 bridgehead atoms. The van der Waals surface area contributed by atoms with E-state index in [0.29, 0.717) is 0 Å². The summed E-state index contributed by atoms with van der Waals surface area (Å²) in [7, 11) is 1.51. The molecule has 0 saturated carbocycles. The molecular weight excluding hydrogens is 444 g/mol. The van der Waals surface area contributed by atoms with E-state index in [9.17, 15) is 5.11 Å². The minimum Gasteiger partial charge on any atom is -0.385 e. The summed E-state index contributed by atoms with van der Waals surface area (Å²) >= 11 is 0. The molecule has 1 N–H and O–H groups in total. The lowest BCUT2D eigenvalue weighted by molar-refractivity contribution is -0.279. The molecule has 5 atom stereocenters. The van der Waals surface area contributed by atoms with Gasteiger partial charge in [-0.3, -0.25) is 0 Å². The molecule has 3 aromatic rings. The van der Waals surface area contributed by atoms with E-state index >= 15 is 0 Å². The minimum absolute atomic E-state index is 0.186. The summed E-state index contributed by atoms with van der Waals surface area (Å²) in [6.07, 6.45) is -3.43. The first-order valence-corrected chi connectivity index (χ1v) is 12.0. The summed E-state index contributed by atoms with van der Waals surface area (Å²) in [5.74, 6) is -0.851. The first-order chi connectivity index (χ1) is 16.9. The fourth-order valence-electron chi connectivity index (χ4n) is 5.16. The fraction of sp³-hybridized carbons (Fsp3) is 0.379. The van der Waals surface area contributed by atoms with E-state index in [-0.39, 0.29) is 6.61 Å². The quantitative estimate of drug-likeness (QED) is 0.515. The monoisotopic (exact) mass is 476 g/mol. The molecule has 6 heteroatoms. The van der Waals surface area contributed by atoms with E-state index in [1.54, 1.807) is 0 Å². The standard InChI is InChI=1S/C29H32O6/c1-28(2)34-25-23(33-27(31-3)24(30)26(25)35-28)19-32-29(20-13-7-4-8-14-20,21-15-9-5-10-16-21)22-17-11-6-12-18-22/h4-18,23-27,30H,19H2,1-3H3/t23?,24?,25-,26?,27-/m0/s1. The smallest absolute Gasteiger partial charge is 0.186 e. The molecule has 0 spiro atoms. The predicted molar refractivity (Wildman–Crippen MR) is 131 cm³/mol. The number of aliphatic hydroxyl groups excluding tert-OH is 1. The highest BCUT2D eigenvalue weighted by atomic mass is 16.8. The molecule has 3 unspecified atom stereocenters. The van der Waals surface area contributed by atoms with Crippen molar-refractivity contribution in [2.24, 2.45) is 0 Å². The number of hydrogen-bond acceptors (Lipinski definition) is 6. The Morgan fingerprint density at radius 1 is 0.771 bits per heavy atom. The second-order valence-corrected chi connectivity index (χ2v) is 9.42. The van der Waals surface area contributed by atoms with Crippen molar-refractivity contribution < 1.29 is 28.8 Å². The van der Waals surface area contributed by atoms with Crippen LogP contribution in [0.4, 0.5) is 0 Å². The molecule has 184 valence electrons. The number of rotatable bonds is 7. The van der Waals surface area contributed by atoms with Gasteiger partial charge in [-0.25, -0.2) is 0 Å². The molecule has 3 aromatic carbocycles. The lowest BCUT2D eigenvalue weighted by atomic mass is 9.80. The van der Waals surface area contributed by atoms with Crippen molar-refractivity contribution in [2.45, 2.75) is 55.9 Å². The van der Waals surface area contributed by atoms with Crippen molar-refractivity contribution >= 4 is 0 Å². The van der Waals surface area contributed by atoms with Crippen molar-refractivity contribution in [3.8, 4) is 0 Å². The summed E-state index contributed by atoms with van der Waals surface area (Å²) in [5.41, 5.74) is 2.10. The zero-order valence-corrected chi connectivity index (χ0v) is 20.2. The minimum atomic E-state index is -0.967. The fourth-order valence-corrected chi connectivity index (χ4v) is 5.16. The van der Waals surface area contributed by atoms with Gasteiger partial charge >= 0.3 is 0 Å². The maximum absolute atomic E-state index is 10.8. The van der Waals surface area contributed by atoms with E-state index in [2.05, 4.69) is 36.4 Å². The summed E-state index contributed by atoms with van der Waals surface area (Å²) < 4.78 is 30.7. The summed E-state index contributed by atoms with van der Waals surface area (Å²) in [4.78, 5) is 0. The lowest BCUT2D eigenvalue weighted by Gasteiger charge is -2.42. The topological polar surface area (TPSA) is 66.4 Å². The predicted octanol–water partition coefficient (Wildman–Crippen LogP) is 4.25. The Morgan fingerprint density at radius 2 is 1.23 bits per heavy atom. The Bertz CT molecular complexity index is 991. The van der Waals surface area contributed by atoms with Crippen LogP contribution in [0, 0.1) is 0 Å². The summed E-state index contributed by atoms with van der Waals surface area (Å²) in [6.45, 7) is 3.85. The van der Waals surface area contributed by atoms with Crippen LogP contribution >= 0.6 is 0 Å². The Balaban J connectivity index is 1.56. The summed E-state index contributed by atoms with van der Waals surface area (Å²) in [5, 5.41) is 10.8. The SMILES string of the molecule is CO[C@H]1OC(COC(c2ccccc2)(c2ccccc2)c2ccccc2)[C@@H]2OC(C)(C)OC2C1O. The number of methoxy groups -OCH3 is 1. The largest absolute Gasteiger partial charge is 0.385 e. The molecule has 35 heavy (non-hydrogen) atoms. The number of fused-ring (bicyclic) bond motifs is 1. The number of aliphatic hydroxyl groups is 1. The molecule has 0 radical (unpaired) electrons. The highest BCUT2D eigenvalue weighted by molar-refractivity contribution is 5.47. The van der Waals surface area contributed by atoms with Crippen molar-refractivity contribution in [2.75, 3.05) is 13.7 Å². The molecule has 2 fully saturated rings. The molecule has 0 amide bonds. The van der Waals surface area contributed by atoms with E-state index in [1.165, 1.54) is 7.11 Å². The average molecular weight is 477 g/mol. The van der Waals surface area contributed by atoms with Gasteiger partial charge in [0.2, 0.25) is 0 Å². The molecule has 0 aromatic heterocycles. The maximum Gasteiger partial charge on any atom is 0.186 e. The zero-order valence-electron chi connectivity index (χ0n) is 20.2. The maximum atomic E-state index is 10.8. The highest BCUT2D eigenvalue weighted by Crippen LogP contribution is 2.43. The van der Waals surface area contributed by atoms with E-state index in [0.717, 1.165) is 16.7 Å². The van der Waals surface area contributed by atoms with E-state index < -0.39 is 42.1 Å². The third-order valence-corrected chi connectivity index (χ3v) is 6.69. The van der Waals surface area contributed by atoms with Crippen LogP contribution in [0.25, 0.3) is 0 Å². The Kier molecular flexibility index (Phi) is 6.77. The molecular formula is C29H32O6. The van der Waals surface area contributed by atoms with Gasteiger partial charge in [0, 0.05) is 7.11 Å². The van der Waals surface area contributed by atoms with Gasteiger partial charge in [0.05, 0.1) is 6.61 Å². The van der Waals surface area contributed by atoms with Crippen LogP contribution in [0.2, 0.25) is 0 Å². The molecule has 5 rings (SSSR count). The van der Waals surface area contributed by atoms with Gasteiger partial charge < -0.3 is 28.8 Å². The Morgan fingerprint density at radius 3 is 1.69 bits per heavy atom. The first-order valence-electron chi connectivity index (χ1n) is 12.0. The Labute approximate surface area is 206 Å². The average Bonchev–Trinajstić information content (AvgIpc) is 3.23. The van der Waals surface area contributed by atoms with Crippen LogP contribution in [-0.4, -0.2) is 55.3 Å². The molecule has 2 aliphatic rings. The summed E-state index contributed by atoms with van der Waals surface area (Å²) in [6, 6.07) is 30.5. The van der Waals surface area contributed by atoms with Crippen LogP contribution in [0.3, 0.4) is 0 Å². The molecule has 0 aliphatic carbocycles. The number of ether oxygens (including phenoxy) is 5. The van der Waals surface area contributed by atoms with Crippen LogP contribution in [0.5, 0.6) is 0 Å². The van der Waals surface area contributed by atoms with Gasteiger partial charge in [-0.05, 0) is 30.5 Å². The lowest BCUT2D eigenvalue weighted by Crippen LogP contribution is -2.58. The van der Waals surface area contributed by atoms with Crippen LogP contribution in [0.1, 0.15) is 30.5 Å². The third-order valence-electron chi connectivity index (χ3n) is 6.69. The molecule has 2 saturated heterocycles. The van der Waals surface area contributed by atoms with Gasteiger partial charge in [-0.1, -0.05) is 91.0 Å². The second-order valence-electron chi connectivity index (χ2n) is 9.42. The second kappa shape index (κ2) is 9.82. The van der Waals surface area contributed by atoms with Crippen molar-refractivity contribution in [1.82, 2.24) is 0 Å². The van der Waals surface area contributed by atoms with Crippen molar-refractivity contribution in [3.63, 3.8) is 0 Å². The van der Waals surface area contributed by atoms with Gasteiger partial charge in [0.25, 0.3) is 0 Å². The van der Waals surface area contributed by atoms with Crippen LogP contribution < -0.4 is 0 Å². The van der Waals surface area contributed by atoms with E-state index in [4.69, 9.17) is 23.7 Å². The van der Waals surface area contributed by atoms with Crippen molar-refractivity contribution in [3.05, 3.63) is 108 Å². The van der Waals surface area contributed by atoms with Gasteiger partial charge in [0.1, 0.15) is 30.0 Å². The number of benzene rings is 3. The molecule has 2 heterocycles. The van der Waals surface area contributed by atoms with Gasteiger partial charge in [-0.2, -0.15) is 0 Å². The molecule has 6 nitrogen and oxygen atoms in total. The first kappa shape index (κ1) is 24.1. The highest BCUT2D eigenvalue weighted by Gasteiger charge is 2.55. The number of hydrogen-bond donors (Lipinski definition) is 1. The van der Waals surface area contributed by atoms with E-state index in [1.807, 2.05) is 68.4 Å². The van der Waals surface area contributed by atoms with Gasteiger partial charge in [0.15, 0.2) is 12.1 Å². The van der Waals surface area contributed by atoms with Gasteiger partial charge in [-0.15, -0.1) is 0 Å². The normalized spacial score (nSPS) is 27.9. The Hall–Kier alpha value is -2.58.